The van der Waals surface area contributed by atoms with E-state index in [1.54, 1.807) is 43.5 Å². The number of hydrogen-bond acceptors (Lipinski definition) is 4. The van der Waals surface area contributed by atoms with Gasteiger partial charge in [0.05, 0.1) is 13.2 Å². The summed E-state index contributed by atoms with van der Waals surface area (Å²) in [7, 11) is 1.56. The van der Waals surface area contributed by atoms with Crippen molar-refractivity contribution in [2.45, 2.75) is 12.1 Å². The average Bonchev–Trinajstić information content (AvgIpc) is 2.96. The third kappa shape index (κ3) is 3.34. The first-order valence-corrected chi connectivity index (χ1v) is 7.72. The highest BCUT2D eigenvalue weighted by atomic mass is 35.5. The zero-order chi connectivity index (χ0) is 17.1. The highest BCUT2D eigenvalue weighted by molar-refractivity contribution is 6.30. The van der Waals surface area contributed by atoms with Crippen LogP contribution >= 0.6 is 11.6 Å². The van der Waals surface area contributed by atoms with Crippen molar-refractivity contribution in [1.82, 2.24) is 16.2 Å². The summed E-state index contributed by atoms with van der Waals surface area (Å²) in [4.78, 5) is 24.5. The van der Waals surface area contributed by atoms with Crippen LogP contribution in [0.3, 0.4) is 0 Å². The molecule has 0 bridgehead atoms. The molecule has 1 heterocycles. The van der Waals surface area contributed by atoms with Crippen LogP contribution in [0.5, 0.6) is 5.75 Å². The Morgan fingerprint density at radius 2 is 1.79 bits per heavy atom. The molecule has 0 spiro atoms. The van der Waals surface area contributed by atoms with Crippen molar-refractivity contribution in [3.8, 4) is 5.75 Å². The average molecular weight is 346 g/mol. The van der Waals surface area contributed by atoms with Crippen LogP contribution in [-0.4, -0.2) is 25.0 Å². The first-order valence-electron chi connectivity index (χ1n) is 7.34. The van der Waals surface area contributed by atoms with Crippen LogP contribution in [0.4, 0.5) is 0 Å². The molecular formula is C17H16ClN3O3. The topological polar surface area (TPSA) is 79.5 Å². The quantitative estimate of drug-likeness (QED) is 0.789. The molecule has 1 aliphatic rings. The third-order valence-electron chi connectivity index (χ3n) is 3.83. The molecule has 3 rings (SSSR count). The lowest BCUT2D eigenvalue weighted by molar-refractivity contribution is -0.121. The summed E-state index contributed by atoms with van der Waals surface area (Å²) < 4.78 is 5.07. The van der Waals surface area contributed by atoms with Gasteiger partial charge in [-0.2, -0.15) is 0 Å². The molecule has 0 unspecified atom stereocenters. The highest BCUT2D eigenvalue weighted by Crippen LogP contribution is 2.22. The van der Waals surface area contributed by atoms with Gasteiger partial charge in [-0.1, -0.05) is 23.7 Å². The fourth-order valence-corrected chi connectivity index (χ4v) is 2.65. The summed E-state index contributed by atoms with van der Waals surface area (Å²) in [5, 5.41) is 3.36. The standard InChI is InChI=1S/C17H16ClN3O3/c1-24-13-8-4-11(5-9-13)16(22)19-15-14(20-21-17(15)23)10-2-6-12(18)7-3-10/h2-9,14-15,20H,1H3,(H,19,22)(H,21,23)/t14-,15-/m1/s1. The van der Waals surface area contributed by atoms with Gasteiger partial charge in [0.2, 0.25) is 0 Å². The summed E-state index contributed by atoms with van der Waals surface area (Å²) in [5.74, 6) is 0.0307. The maximum atomic E-state index is 12.4. The first kappa shape index (κ1) is 16.3. The molecule has 1 fully saturated rings. The number of benzene rings is 2. The Labute approximate surface area is 144 Å². The summed E-state index contributed by atoms with van der Waals surface area (Å²) in [6, 6.07) is 12.7. The van der Waals surface area contributed by atoms with E-state index in [2.05, 4.69) is 16.2 Å². The Morgan fingerprint density at radius 3 is 2.42 bits per heavy atom. The molecule has 1 saturated heterocycles. The number of ether oxygens (including phenoxy) is 1. The number of halogens is 1. The van der Waals surface area contributed by atoms with Crippen molar-refractivity contribution in [3.63, 3.8) is 0 Å². The van der Waals surface area contributed by atoms with Gasteiger partial charge in [-0.25, -0.2) is 5.43 Å². The normalized spacial score (nSPS) is 19.7. The Hall–Kier alpha value is -2.57. The number of methoxy groups -OCH3 is 1. The van der Waals surface area contributed by atoms with Gasteiger partial charge < -0.3 is 10.1 Å². The van der Waals surface area contributed by atoms with E-state index in [1.165, 1.54) is 0 Å². The summed E-state index contributed by atoms with van der Waals surface area (Å²) in [5.41, 5.74) is 6.74. The van der Waals surface area contributed by atoms with Gasteiger partial charge in [-0.3, -0.25) is 15.0 Å². The molecule has 3 N–H and O–H groups in total. The van der Waals surface area contributed by atoms with Gasteiger partial charge in [0.1, 0.15) is 11.8 Å². The van der Waals surface area contributed by atoms with Crippen LogP contribution in [0.1, 0.15) is 22.0 Å². The molecule has 6 nitrogen and oxygen atoms in total. The van der Waals surface area contributed by atoms with Crippen LogP contribution in [0.15, 0.2) is 48.5 Å². The monoisotopic (exact) mass is 345 g/mol. The maximum absolute atomic E-state index is 12.4. The van der Waals surface area contributed by atoms with Crippen molar-refractivity contribution in [3.05, 3.63) is 64.7 Å². The van der Waals surface area contributed by atoms with Crippen LogP contribution in [0.25, 0.3) is 0 Å². The Kier molecular flexibility index (Phi) is 4.69. The smallest absolute Gasteiger partial charge is 0.258 e. The van der Waals surface area contributed by atoms with Crippen molar-refractivity contribution >= 4 is 23.4 Å². The molecule has 0 aliphatic carbocycles. The first-order chi connectivity index (χ1) is 11.6. The summed E-state index contributed by atoms with van der Waals surface area (Å²) >= 11 is 5.89. The van der Waals surface area contributed by atoms with Crippen molar-refractivity contribution in [2.75, 3.05) is 7.11 Å². The number of nitrogens with one attached hydrogen (secondary N) is 3. The largest absolute Gasteiger partial charge is 0.497 e. The molecule has 24 heavy (non-hydrogen) atoms. The minimum absolute atomic E-state index is 0.295. The minimum Gasteiger partial charge on any atom is -0.497 e. The molecule has 1 aliphatic heterocycles. The van der Waals surface area contributed by atoms with E-state index in [4.69, 9.17) is 16.3 Å². The fourth-order valence-electron chi connectivity index (χ4n) is 2.52. The van der Waals surface area contributed by atoms with Crippen LogP contribution < -0.4 is 20.9 Å². The Balaban J connectivity index is 1.76. The minimum atomic E-state index is -0.722. The maximum Gasteiger partial charge on any atom is 0.258 e. The molecule has 2 amide bonds. The molecule has 7 heteroatoms. The van der Waals surface area contributed by atoms with Crippen molar-refractivity contribution < 1.29 is 14.3 Å². The van der Waals surface area contributed by atoms with Gasteiger partial charge in [0.25, 0.3) is 11.8 Å². The molecule has 2 atom stereocenters. The number of hydrazine groups is 1. The highest BCUT2D eigenvalue weighted by Gasteiger charge is 2.36. The lowest BCUT2D eigenvalue weighted by Gasteiger charge is -2.18. The zero-order valence-electron chi connectivity index (χ0n) is 12.9. The number of carbonyl (C=O) groups is 2. The third-order valence-corrected chi connectivity index (χ3v) is 4.09. The number of amides is 2. The molecule has 0 aromatic heterocycles. The van der Waals surface area contributed by atoms with Gasteiger partial charge in [0, 0.05) is 10.6 Å². The predicted molar refractivity (Wildman–Crippen MR) is 89.7 cm³/mol. The molecule has 2 aromatic carbocycles. The second-order valence-corrected chi connectivity index (χ2v) is 5.78. The molecule has 124 valence electrons. The summed E-state index contributed by atoms with van der Waals surface area (Å²) in [6.07, 6.45) is 0. The SMILES string of the molecule is COc1ccc(C(=O)N[C@H]2C(=O)NN[C@@H]2c2ccc(Cl)cc2)cc1. The second kappa shape index (κ2) is 6.90. The van der Waals surface area contributed by atoms with E-state index < -0.39 is 6.04 Å². The zero-order valence-corrected chi connectivity index (χ0v) is 13.6. The molecular weight excluding hydrogens is 330 g/mol. The lowest BCUT2D eigenvalue weighted by Crippen LogP contribution is -2.42. The number of carbonyl (C=O) groups excluding carboxylic acids is 2. The van der Waals surface area contributed by atoms with E-state index in [1.807, 2.05) is 12.1 Å². The molecule has 2 aromatic rings. The fraction of sp³-hybridized carbons (Fsp3) is 0.176. The van der Waals surface area contributed by atoms with Gasteiger partial charge in [-0.05, 0) is 42.0 Å². The molecule has 0 saturated carbocycles. The number of rotatable bonds is 4. The number of hydrogen-bond donors (Lipinski definition) is 3. The van der Waals surface area contributed by atoms with Crippen LogP contribution in [-0.2, 0) is 4.79 Å². The van der Waals surface area contributed by atoms with E-state index in [0.29, 0.717) is 16.3 Å². The van der Waals surface area contributed by atoms with Gasteiger partial charge >= 0.3 is 0 Å². The lowest BCUT2D eigenvalue weighted by atomic mass is 10.0. The van der Waals surface area contributed by atoms with Gasteiger partial charge in [0.15, 0.2) is 0 Å². The van der Waals surface area contributed by atoms with E-state index in [0.717, 1.165) is 5.56 Å². The van der Waals surface area contributed by atoms with Gasteiger partial charge in [-0.15, -0.1) is 0 Å². The Morgan fingerprint density at radius 1 is 1.12 bits per heavy atom. The van der Waals surface area contributed by atoms with Crippen molar-refractivity contribution in [1.29, 1.82) is 0 Å². The van der Waals surface area contributed by atoms with E-state index in [9.17, 15) is 9.59 Å². The van der Waals surface area contributed by atoms with E-state index in [-0.39, 0.29) is 17.9 Å². The van der Waals surface area contributed by atoms with E-state index >= 15 is 0 Å². The Bertz CT molecular complexity index is 747. The summed E-state index contributed by atoms with van der Waals surface area (Å²) in [6.45, 7) is 0. The van der Waals surface area contributed by atoms with Crippen molar-refractivity contribution in [2.24, 2.45) is 0 Å². The molecule has 0 radical (unpaired) electrons. The second-order valence-electron chi connectivity index (χ2n) is 5.34. The van der Waals surface area contributed by atoms with Crippen LogP contribution in [0.2, 0.25) is 5.02 Å². The van der Waals surface area contributed by atoms with Crippen LogP contribution in [0, 0.1) is 0 Å². The predicted octanol–water partition coefficient (Wildman–Crippen LogP) is 1.82.